The first-order valence-corrected chi connectivity index (χ1v) is 18.2. The van der Waals surface area contributed by atoms with Gasteiger partial charge in [-0.2, -0.15) is 31.8 Å². The Balaban J connectivity index is 1.45. The number of fused-ring (bicyclic) bond motifs is 4. The molecule has 2 aliphatic heterocycles. The predicted molar refractivity (Wildman–Crippen MR) is 178 cm³/mol. The molecule has 2 aromatic carbocycles. The van der Waals surface area contributed by atoms with Gasteiger partial charge in [0.1, 0.15) is 26.9 Å². The van der Waals surface area contributed by atoms with Gasteiger partial charge in [-0.25, -0.2) is 4.98 Å². The number of halogens is 3. The van der Waals surface area contributed by atoms with Crippen molar-refractivity contribution in [2.45, 2.75) is 14.9 Å². The lowest BCUT2D eigenvalue weighted by molar-refractivity contribution is 0.449. The summed E-state index contributed by atoms with van der Waals surface area (Å²) in [6.07, 6.45) is 7.03. The molecule has 0 atom stereocenters. The number of nitrogens with zero attached hydrogens (tertiary/aromatic N) is 5. The summed E-state index contributed by atoms with van der Waals surface area (Å²) in [5, 5.41) is 7.98. The second kappa shape index (κ2) is 12.7. The van der Waals surface area contributed by atoms with Gasteiger partial charge in [-0.1, -0.05) is 41.4 Å². The third-order valence-electron chi connectivity index (χ3n) is 6.52. The molecule has 0 bridgehead atoms. The van der Waals surface area contributed by atoms with Gasteiger partial charge in [0.25, 0.3) is 10.1 Å². The second-order valence-corrected chi connectivity index (χ2v) is 14.1. The number of nitrogens with one attached hydrogen (secondary N) is 3. The summed E-state index contributed by atoms with van der Waals surface area (Å²) < 4.78 is 81.9. The van der Waals surface area contributed by atoms with Crippen LogP contribution in [0.25, 0.3) is 22.6 Å². The Morgan fingerprint density at radius 2 is 1.75 bits per heavy atom. The molecule has 22 heteroatoms. The van der Waals surface area contributed by atoms with E-state index in [-0.39, 0.29) is 90.8 Å². The van der Waals surface area contributed by atoms with Crippen molar-refractivity contribution in [3.8, 4) is 35.4 Å². The summed E-state index contributed by atoms with van der Waals surface area (Å²) in [4.78, 5) is 19.4. The molecular weight excluding hydrogens is 755 g/mol. The number of thioether (sulfide) groups is 1. The van der Waals surface area contributed by atoms with Crippen molar-refractivity contribution in [2.75, 3.05) is 35.3 Å². The molecule has 1 aromatic heterocycles. The van der Waals surface area contributed by atoms with Crippen LogP contribution in [-0.2, 0) is 20.2 Å². The molecule has 0 amide bonds. The van der Waals surface area contributed by atoms with Gasteiger partial charge in [0.15, 0.2) is 37.8 Å². The number of ether oxygens (including phenoxy) is 1. The number of hydrogen-bond acceptors (Lipinski definition) is 15. The van der Waals surface area contributed by atoms with Gasteiger partial charge in [0.2, 0.25) is 11.2 Å². The van der Waals surface area contributed by atoms with E-state index < -0.39 is 30.0 Å². The monoisotopic (exact) mass is 770 g/mol. The summed E-state index contributed by atoms with van der Waals surface area (Å²) in [5.41, 5.74) is -0.512. The molecule has 48 heavy (non-hydrogen) atoms. The minimum Gasteiger partial charge on any atom is -0.450 e. The summed E-state index contributed by atoms with van der Waals surface area (Å²) in [6, 6.07) is 7.42. The molecule has 0 radical (unpaired) electrons. The van der Waals surface area contributed by atoms with E-state index in [4.69, 9.17) is 50.4 Å². The average molecular weight is 772 g/mol. The summed E-state index contributed by atoms with van der Waals surface area (Å²) >= 11 is 20.5. The molecule has 16 nitrogen and oxygen atoms in total. The van der Waals surface area contributed by atoms with Crippen LogP contribution in [0.4, 0.5) is 23.0 Å². The fourth-order valence-corrected chi connectivity index (χ4v) is 7.29. The van der Waals surface area contributed by atoms with Crippen molar-refractivity contribution in [1.29, 1.82) is 0 Å². The maximum absolute atomic E-state index is 12.6. The van der Waals surface area contributed by atoms with Crippen LogP contribution in [0.5, 0.6) is 11.5 Å². The molecule has 0 fully saturated rings. The normalized spacial score (nSPS) is 13.0. The van der Waals surface area contributed by atoms with Gasteiger partial charge in [0.05, 0.1) is 23.3 Å². The fourth-order valence-electron chi connectivity index (χ4n) is 4.64. The number of rotatable bonds is 8. The third kappa shape index (κ3) is 6.24. The highest BCUT2D eigenvalue weighted by Crippen LogP contribution is 2.55. The Labute approximate surface area is 290 Å². The molecule has 0 spiro atoms. The maximum atomic E-state index is 12.6. The Morgan fingerprint density at radius 1 is 1.00 bits per heavy atom. The lowest BCUT2D eigenvalue weighted by Gasteiger charge is -2.26. The summed E-state index contributed by atoms with van der Waals surface area (Å²) in [5.74, 6) is -0.743. The van der Waals surface area contributed by atoms with Crippen molar-refractivity contribution in [1.82, 2.24) is 19.9 Å². The molecule has 248 valence electrons. The molecule has 0 unspecified atom stereocenters. The highest BCUT2D eigenvalue weighted by Gasteiger charge is 2.34. The van der Waals surface area contributed by atoms with Gasteiger partial charge in [0, 0.05) is 12.6 Å². The lowest BCUT2D eigenvalue weighted by atomic mass is 10.1. The zero-order valence-electron chi connectivity index (χ0n) is 23.7. The standard InChI is InChI=1S/C26H17Cl3N8O8S3/c1-3-30-12-6-4-10-18(22(12)47(38,39)40)44-20-14(27)17-21(15(28)16(20)33-10)45-19-11(34-17)5-7-13(23(19)48(41,42)43)31-8-9-32-25-35-24(29)36-26(37-25)46-2/h1,4-7,30,33H,8-9H2,2H3,(H,38,39,40)(H,41,42,43)(H,32,35,36,37). The van der Waals surface area contributed by atoms with E-state index in [0.717, 1.165) is 0 Å². The van der Waals surface area contributed by atoms with E-state index in [1.54, 1.807) is 6.26 Å². The topological polar surface area (TPSA) is 231 Å². The highest BCUT2D eigenvalue weighted by atomic mass is 35.5. The highest BCUT2D eigenvalue weighted by molar-refractivity contribution is 7.98. The molecule has 3 aliphatic rings. The molecule has 6 rings (SSSR count). The van der Waals surface area contributed by atoms with Crippen molar-refractivity contribution >= 4 is 101 Å². The van der Waals surface area contributed by atoms with Gasteiger partial charge in [-0.3, -0.25) is 14.1 Å². The zero-order chi connectivity index (χ0) is 34.5. The number of hydrogen-bond donors (Lipinski definition) is 5. The Hall–Kier alpha value is -4.13. The molecule has 0 saturated heterocycles. The molecule has 0 saturated carbocycles. The van der Waals surface area contributed by atoms with Gasteiger partial charge in [-0.05, 0) is 42.1 Å². The molecule has 5 N–H and O–H groups in total. The molecule has 3 aromatic rings. The van der Waals surface area contributed by atoms with E-state index >= 15 is 0 Å². The van der Waals surface area contributed by atoms with Gasteiger partial charge < -0.3 is 25.1 Å². The first-order chi connectivity index (χ1) is 22.7. The Kier molecular flexibility index (Phi) is 8.95. The Bertz CT molecular complexity index is 2470. The first kappa shape index (κ1) is 33.8. The maximum Gasteiger partial charge on any atom is 0.300 e. The van der Waals surface area contributed by atoms with Crippen LogP contribution in [0.3, 0.4) is 0 Å². The minimum atomic E-state index is -4.96. The molecular formula is C26H17Cl3N8O8S3. The number of anilines is 4. The minimum absolute atomic E-state index is 0.00216. The largest absolute Gasteiger partial charge is 0.450 e. The SMILES string of the molecule is C#CNc1ccc2c(c1S(=O)(=O)O)Oc1c(c(Cl)c3oc4c(S(=O)(=O)O)c(=NCCNc5nc(Cl)nc(SC)n5)ccc-4nc3c1Cl)N2. The van der Waals surface area contributed by atoms with Crippen LogP contribution in [0, 0.1) is 12.5 Å². The fraction of sp³-hybridized carbons (Fsp3) is 0.115. The van der Waals surface area contributed by atoms with Gasteiger partial charge in [-0.15, -0.1) is 0 Å². The van der Waals surface area contributed by atoms with Crippen molar-refractivity contribution in [2.24, 2.45) is 4.99 Å². The molecule has 3 heterocycles. The van der Waals surface area contributed by atoms with Gasteiger partial charge >= 0.3 is 10.1 Å². The van der Waals surface area contributed by atoms with E-state index in [2.05, 4.69) is 46.9 Å². The number of aromatic nitrogens is 4. The van der Waals surface area contributed by atoms with Crippen LogP contribution in [0.15, 0.2) is 48.6 Å². The van der Waals surface area contributed by atoms with Crippen LogP contribution in [0.1, 0.15) is 0 Å². The van der Waals surface area contributed by atoms with Crippen molar-refractivity contribution in [3.63, 3.8) is 0 Å². The first-order valence-electron chi connectivity index (χ1n) is 13.0. The molecule has 1 aliphatic carbocycles. The predicted octanol–water partition coefficient (Wildman–Crippen LogP) is 5.16. The Morgan fingerprint density at radius 3 is 2.44 bits per heavy atom. The summed E-state index contributed by atoms with van der Waals surface area (Å²) in [6.45, 7) is 0.141. The van der Waals surface area contributed by atoms with E-state index in [1.807, 2.05) is 0 Å². The number of benzene rings is 3. The van der Waals surface area contributed by atoms with E-state index in [1.165, 1.54) is 36.0 Å². The van der Waals surface area contributed by atoms with Crippen LogP contribution in [0.2, 0.25) is 15.3 Å². The van der Waals surface area contributed by atoms with Crippen molar-refractivity contribution < 1.29 is 35.1 Å². The van der Waals surface area contributed by atoms with E-state index in [0.29, 0.717) is 5.16 Å². The average Bonchev–Trinajstić information content (AvgIpc) is 3.02. The smallest absolute Gasteiger partial charge is 0.300 e. The summed E-state index contributed by atoms with van der Waals surface area (Å²) in [7, 11) is -9.84. The van der Waals surface area contributed by atoms with E-state index in [9.17, 15) is 25.9 Å². The second-order valence-electron chi connectivity index (χ2n) is 9.47. The quantitative estimate of drug-likeness (QED) is 0.0336. The van der Waals surface area contributed by atoms with Crippen molar-refractivity contribution in [3.05, 3.63) is 45.0 Å². The zero-order valence-corrected chi connectivity index (χ0v) is 28.5. The number of terminal acetylenes is 1. The third-order valence-corrected chi connectivity index (χ3v) is 9.78. The lowest BCUT2D eigenvalue weighted by Crippen LogP contribution is -2.19. The van der Waals surface area contributed by atoms with Crippen LogP contribution >= 0.6 is 46.6 Å². The van der Waals surface area contributed by atoms with Crippen LogP contribution < -0.4 is 26.0 Å². The van der Waals surface area contributed by atoms with Crippen LogP contribution in [-0.4, -0.2) is 65.2 Å².